The van der Waals surface area contributed by atoms with Crippen LogP contribution in [0, 0.1) is 5.92 Å². The molecule has 1 fully saturated rings. The lowest BCUT2D eigenvalue weighted by Crippen LogP contribution is -2.64. The molecule has 1 aromatic carbocycles. The minimum atomic E-state index is -2.65. The average Bonchev–Trinajstić information content (AvgIpc) is 2.74. The number of benzene rings is 1. The van der Waals surface area contributed by atoms with E-state index < -0.39 is 67.8 Å². The van der Waals surface area contributed by atoms with Crippen LogP contribution >= 0.6 is 23.2 Å². The molecule has 1 aliphatic heterocycles. The highest BCUT2D eigenvalue weighted by Gasteiger charge is 2.56. The molecule has 0 bridgehead atoms. The number of aliphatic carboxylic acids is 2. The Morgan fingerprint density at radius 2 is 1.88 bits per heavy atom. The van der Waals surface area contributed by atoms with E-state index in [0.717, 1.165) is 0 Å². The van der Waals surface area contributed by atoms with Crippen LogP contribution in [0.4, 0.5) is 0 Å². The number of nitrogens with one attached hydrogen (secondary N) is 2. The average molecular weight is 517 g/mol. The zero-order chi connectivity index (χ0) is 25.6. The van der Waals surface area contributed by atoms with Crippen molar-refractivity contribution in [2.45, 2.75) is 38.2 Å². The number of rotatable bonds is 10. The zero-order valence-corrected chi connectivity index (χ0v) is 19.8. The summed E-state index contributed by atoms with van der Waals surface area (Å²) in [5.74, 6) is -6.67. The first-order valence-electron chi connectivity index (χ1n) is 10.2. The molecule has 1 aliphatic rings. The van der Waals surface area contributed by atoms with Crippen molar-refractivity contribution < 1.29 is 43.5 Å². The Hall–Kier alpha value is -2.67. The van der Waals surface area contributed by atoms with Crippen molar-refractivity contribution in [1.29, 1.82) is 0 Å². The van der Waals surface area contributed by atoms with Gasteiger partial charge in [0.1, 0.15) is 0 Å². The van der Waals surface area contributed by atoms with Crippen LogP contribution in [-0.4, -0.2) is 71.6 Å². The number of carboxylic acid groups (broad SMARTS) is 2. The molecule has 1 aromatic rings. The van der Waals surface area contributed by atoms with Gasteiger partial charge in [-0.1, -0.05) is 37.0 Å². The third-order valence-electron chi connectivity index (χ3n) is 4.87. The normalized spacial score (nSPS) is 19.0. The number of hydrogen-bond acceptors (Lipinski definition) is 7. The number of carboxylic acids is 2. The molecule has 1 saturated heterocycles. The molecule has 1 heterocycles. The van der Waals surface area contributed by atoms with Gasteiger partial charge in [-0.15, -0.1) is 0 Å². The summed E-state index contributed by atoms with van der Waals surface area (Å²) >= 11 is 11.8. The van der Waals surface area contributed by atoms with Crippen LogP contribution in [-0.2, 0) is 28.5 Å². The van der Waals surface area contributed by atoms with Gasteiger partial charge in [0.15, 0.2) is 5.78 Å². The van der Waals surface area contributed by atoms with E-state index in [2.05, 4.69) is 10.6 Å². The summed E-state index contributed by atoms with van der Waals surface area (Å²) in [7, 11) is -1.42. The van der Waals surface area contributed by atoms with Crippen LogP contribution in [0.5, 0.6) is 0 Å². The highest BCUT2D eigenvalue weighted by molar-refractivity contribution is 6.49. The second-order valence-electron chi connectivity index (χ2n) is 8.03. The Balaban J connectivity index is 2.12. The summed E-state index contributed by atoms with van der Waals surface area (Å²) in [6, 6.07) is 4.27. The first-order valence-corrected chi connectivity index (χ1v) is 10.9. The maximum absolute atomic E-state index is 12.5. The Kier molecular flexibility index (Phi) is 9.45. The lowest BCUT2D eigenvalue weighted by atomic mass is 9.70. The van der Waals surface area contributed by atoms with Crippen molar-refractivity contribution in [3.63, 3.8) is 0 Å². The van der Waals surface area contributed by atoms with E-state index in [-0.39, 0.29) is 27.9 Å². The minimum absolute atomic E-state index is 0.0336. The van der Waals surface area contributed by atoms with Crippen LogP contribution < -0.4 is 10.6 Å². The standard InChI is InChI=1S/C20H23BCl2N2O9/c1-10(2)5-15(21-33-9-14(26)20(34-21,19(31)32)7-17(28)29)25-16(27)8-24-18(30)12-6-11(22)3-4-13(12)23/h3-4,6,10,15H,5,7-9H2,1-2H3,(H,24,30)(H,25,27)(H,28,29)(H,31,32)/t15-,20?/m0/s1. The monoisotopic (exact) mass is 516 g/mol. The third kappa shape index (κ3) is 6.92. The van der Waals surface area contributed by atoms with Gasteiger partial charge in [-0.25, -0.2) is 4.79 Å². The maximum atomic E-state index is 12.5. The number of halogens is 2. The zero-order valence-electron chi connectivity index (χ0n) is 18.3. The predicted octanol–water partition coefficient (Wildman–Crippen LogP) is 1.20. The van der Waals surface area contributed by atoms with Gasteiger partial charge in [0.25, 0.3) is 5.91 Å². The highest BCUT2D eigenvalue weighted by Crippen LogP contribution is 2.27. The van der Waals surface area contributed by atoms with Crippen LogP contribution in [0.15, 0.2) is 18.2 Å². The smallest absolute Gasteiger partial charge is 0.481 e. The Labute approximate surface area is 205 Å². The molecule has 2 atom stereocenters. The molecule has 4 N–H and O–H groups in total. The van der Waals surface area contributed by atoms with Gasteiger partial charge < -0.3 is 30.2 Å². The van der Waals surface area contributed by atoms with Gasteiger partial charge >= 0.3 is 19.1 Å². The molecular weight excluding hydrogens is 494 g/mol. The van der Waals surface area contributed by atoms with Gasteiger partial charge in [-0.3, -0.25) is 19.2 Å². The SMILES string of the molecule is CC(C)C[C@H](NC(=O)CNC(=O)c1cc(Cl)ccc1Cl)B1OCC(=O)C(CC(=O)O)(C(=O)O)O1. The van der Waals surface area contributed by atoms with E-state index >= 15 is 0 Å². The third-order valence-corrected chi connectivity index (χ3v) is 5.44. The van der Waals surface area contributed by atoms with Crippen molar-refractivity contribution in [3.8, 4) is 0 Å². The maximum Gasteiger partial charge on any atom is 0.482 e. The van der Waals surface area contributed by atoms with E-state index in [4.69, 9.17) is 37.6 Å². The summed E-state index contributed by atoms with van der Waals surface area (Å²) in [6.45, 7) is 2.45. The van der Waals surface area contributed by atoms with E-state index in [1.165, 1.54) is 18.2 Å². The van der Waals surface area contributed by atoms with Gasteiger partial charge in [-0.05, 0) is 30.5 Å². The van der Waals surface area contributed by atoms with Gasteiger partial charge in [-0.2, -0.15) is 0 Å². The second-order valence-corrected chi connectivity index (χ2v) is 8.88. The Morgan fingerprint density at radius 3 is 2.47 bits per heavy atom. The fourth-order valence-corrected chi connectivity index (χ4v) is 3.68. The fraction of sp³-hybridized carbons (Fsp3) is 0.450. The number of Topliss-reactive ketones (excluding diaryl/α,β-unsaturated/α-hetero) is 1. The molecule has 34 heavy (non-hydrogen) atoms. The van der Waals surface area contributed by atoms with Crippen LogP contribution in [0.1, 0.15) is 37.0 Å². The van der Waals surface area contributed by atoms with Gasteiger partial charge in [0.2, 0.25) is 11.5 Å². The van der Waals surface area contributed by atoms with Crippen molar-refractivity contribution in [2.24, 2.45) is 5.92 Å². The van der Waals surface area contributed by atoms with Crippen molar-refractivity contribution >= 4 is 59.9 Å². The minimum Gasteiger partial charge on any atom is -0.481 e. The van der Waals surface area contributed by atoms with Gasteiger partial charge in [0, 0.05) is 5.02 Å². The molecule has 0 radical (unpaired) electrons. The first-order chi connectivity index (χ1) is 15.9. The van der Waals surface area contributed by atoms with Crippen molar-refractivity contribution in [3.05, 3.63) is 33.8 Å². The van der Waals surface area contributed by atoms with E-state index in [9.17, 15) is 29.1 Å². The van der Waals surface area contributed by atoms with E-state index in [1.54, 1.807) is 0 Å². The number of carbonyl (C=O) groups is 5. The Morgan fingerprint density at radius 1 is 1.21 bits per heavy atom. The number of ketones is 1. The molecule has 0 saturated carbocycles. The summed E-state index contributed by atoms with van der Waals surface area (Å²) in [5.41, 5.74) is -2.58. The largest absolute Gasteiger partial charge is 0.482 e. The van der Waals surface area contributed by atoms with Crippen LogP contribution in [0.3, 0.4) is 0 Å². The molecule has 0 aromatic heterocycles. The molecule has 1 unspecified atom stereocenters. The summed E-state index contributed by atoms with van der Waals surface area (Å²) in [4.78, 5) is 60.1. The lowest BCUT2D eigenvalue weighted by Gasteiger charge is -2.37. The molecule has 2 rings (SSSR count). The van der Waals surface area contributed by atoms with Gasteiger partial charge in [0.05, 0.1) is 36.1 Å². The molecule has 2 amide bonds. The predicted molar refractivity (Wildman–Crippen MR) is 121 cm³/mol. The van der Waals surface area contributed by atoms with Crippen molar-refractivity contribution in [2.75, 3.05) is 13.2 Å². The van der Waals surface area contributed by atoms with Crippen LogP contribution in [0.25, 0.3) is 0 Å². The molecule has 0 aliphatic carbocycles. The lowest BCUT2D eigenvalue weighted by molar-refractivity contribution is -0.174. The quantitative estimate of drug-likeness (QED) is 0.263. The topological polar surface area (TPSA) is 168 Å². The molecule has 184 valence electrons. The molecule has 14 heteroatoms. The number of carbonyl (C=O) groups excluding carboxylic acids is 3. The van der Waals surface area contributed by atoms with Crippen molar-refractivity contribution in [1.82, 2.24) is 10.6 Å². The number of hydrogen-bond donors (Lipinski definition) is 4. The number of amides is 2. The molecule has 11 nitrogen and oxygen atoms in total. The van der Waals surface area contributed by atoms with Crippen LogP contribution in [0.2, 0.25) is 10.0 Å². The highest BCUT2D eigenvalue weighted by atomic mass is 35.5. The molecular formula is C20H23BCl2N2O9. The summed E-state index contributed by atoms with van der Waals surface area (Å²) in [6.07, 6.45) is -0.874. The van der Waals surface area contributed by atoms with E-state index in [0.29, 0.717) is 0 Å². The summed E-state index contributed by atoms with van der Waals surface area (Å²) < 4.78 is 10.7. The van der Waals surface area contributed by atoms with E-state index in [1.807, 2.05) is 13.8 Å². The first kappa shape index (κ1) is 27.6. The second kappa shape index (κ2) is 11.7. The fourth-order valence-electron chi connectivity index (χ4n) is 3.30. The Bertz CT molecular complexity index is 991. The summed E-state index contributed by atoms with van der Waals surface area (Å²) in [5, 5.41) is 24.0. The molecule has 0 spiro atoms.